The minimum atomic E-state index is -0.491. The number of anilines is 2. The van der Waals surface area contributed by atoms with Gasteiger partial charge in [-0.05, 0) is 56.2 Å². The maximum atomic E-state index is 11.5. The van der Waals surface area contributed by atoms with Gasteiger partial charge in [0.15, 0.2) is 11.1 Å². The minimum absolute atomic E-state index is 0.241. The Morgan fingerprint density at radius 2 is 2.03 bits per heavy atom. The highest BCUT2D eigenvalue weighted by Gasteiger charge is 2.21. The van der Waals surface area contributed by atoms with Gasteiger partial charge in [-0.3, -0.25) is 9.98 Å². The van der Waals surface area contributed by atoms with Crippen LogP contribution in [-0.4, -0.2) is 45.5 Å². The van der Waals surface area contributed by atoms with E-state index in [1.165, 1.54) is 0 Å². The van der Waals surface area contributed by atoms with Gasteiger partial charge in [0.25, 0.3) is 0 Å². The first-order valence-electron chi connectivity index (χ1n) is 10.9. The van der Waals surface area contributed by atoms with Gasteiger partial charge >= 0.3 is 5.69 Å². The molecular weight excluding hydrogens is 434 g/mol. The average molecular weight is 455 g/mol. The van der Waals surface area contributed by atoms with E-state index in [-0.39, 0.29) is 17.6 Å². The number of benzene rings is 1. The van der Waals surface area contributed by atoms with Crippen LogP contribution >= 0.6 is 0 Å². The first-order valence-corrected chi connectivity index (χ1v) is 10.9. The minimum Gasteiger partial charge on any atom is -0.493 e. The first-order chi connectivity index (χ1) is 16.5. The summed E-state index contributed by atoms with van der Waals surface area (Å²) in [5, 5.41) is 22.7. The van der Waals surface area contributed by atoms with E-state index in [1.54, 1.807) is 27.7 Å². The summed E-state index contributed by atoms with van der Waals surface area (Å²) < 4.78 is 3.49. The molecule has 170 valence electrons. The Hall–Kier alpha value is -4.67. The van der Waals surface area contributed by atoms with Crippen molar-refractivity contribution >= 4 is 23.2 Å². The molecule has 0 amide bonds. The largest absolute Gasteiger partial charge is 0.493 e. The lowest BCUT2D eigenvalue weighted by molar-refractivity contribution is 0.454. The number of nitrogens with one attached hydrogen (secondary N) is 3. The molecule has 0 spiro atoms. The highest BCUT2D eigenvalue weighted by Crippen LogP contribution is 2.23. The maximum absolute atomic E-state index is 11.5. The molecule has 0 bridgehead atoms. The molecule has 0 aliphatic heterocycles. The molecule has 0 unspecified atom stereocenters. The SMILES string of the molecule is Cc1c(Nc2ccc(-n3cccn3)cc2)nc2/c(=C/c3[nH]c(=O)[nH]c3O)cnn2c1=NC1CC1. The van der Waals surface area contributed by atoms with Gasteiger partial charge in [-0.15, -0.1) is 0 Å². The summed E-state index contributed by atoms with van der Waals surface area (Å²) in [5.41, 5.74) is 3.75. The number of hydrogen-bond acceptors (Lipinski definition) is 7. The summed E-state index contributed by atoms with van der Waals surface area (Å²) >= 11 is 0. The zero-order valence-electron chi connectivity index (χ0n) is 18.2. The summed E-state index contributed by atoms with van der Waals surface area (Å²) in [6.07, 6.45) is 9.01. The highest BCUT2D eigenvalue weighted by atomic mass is 16.3. The van der Waals surface area contributed by atoms with E-state index in [0.29, 0.717) is 16.7 Å². The second-order valence-electron chi connectivity index (χ2n) is 8.21. The fraction of sp³-hybridized carbons (Fsp3) is 0.174. The monoisotopic (exact) mass is 455 g/mol. The van der Waals surface area contributed by atoms with Crippen molar-refractivity contribution in [2.45, 2.75) is 25.8 Å². The Morgan fingerprint density at radius 3 is 2.71 bits per heavy atom. The number of aromatic amines is 2. The molecule has 4 N–H and O–H groups in total. The van der Waals surface area contributed by atoms with Crippen LogP contribution in [0, 0.1) is 6.92 Å². The van der Waals surface area contributed by atoms with Crippen LogP contribution in [0.1, 0.15) is 24.1 Å². The van der Waals surface area contributed by atoms with Crippen molar-refractivity contribution in [3.63, 3.8) is 0 Å². The lowest BCUT2D eigenvalue weighted by Gasteiger charge is -2.11. The summed E-state index contributed by atoms with van der Waals surface area (Å²) in [7, 11) is 0. The Bertz CT molecular complexity index is 1670. The van der Waals surface area contributed by atoms with Crippen molar-refractivity contribution < 1.29 is 5.11 Å². The quantitative estimate of drug-likeness (QED) is 0.315. The zero-order valence-corrected chi connectivity index (χ0v) is 18.2. The van der Waals surface area contributed by atoms with Crippen LogP contribution in [-0.2, 0) is 0 Å². The van der Waals surface area contributed by atoms with Crippen LogP contribution in [0.2, 0.25) is 0 Å². The van der Waals surface area contributed by atoms with E-state index in [1.807, 2.05) is 43.5 Å². The number of fused-ring (bicyclic) bond motifs is 1. The first kappa shape index (κ1) is 20.0. The van der Waals surface area contributed by atoms with Crippen molar-refractivity contribution in [1.29, 1.82) is 0 Å². The third-order valence-electron chi connectivity index (χ3n) is 5.67. The molecule has 5 aromatic rings. The molecule has 6 rings (SSSR count). The van der Waals surface area contributed by atoms with Crippen LogP contribution in [0.15, 0.2) is 58.7 Å². The van der Waals surface area contributed by atoms with Gasteiger partial charge in [0.1, 0.15) is 11.5 Å². The predicted octanol–water partition coefficient (Wildman–Crippen LogP) is 1.30. The van der Waals surface area contributed by atoms with E-state index >= 15 is 0 Å². The van der Waals surface area contributed by atoms with Crippen LogP contribution in [0.5, 0.6) is 5.88 Å². The van der Waals surface area contributed by atoms with Gasteiger partial charge in [-0.1, -0.05) is 0 Å². The third-order valence-corrected chi connectivity index (χ3v) is 5.67. The smallest absolute Gasteiger partial charge is 0.326 e. The third kappa shape index (κ3) is 3.62. The van der Waals surface area contributed by atoms with Gasteiger partial charge < -0.3 is 15.4 Å². The second-order valence-corrected chi connectivity index (χ2v) is 8.21. The van der Waals surface area contributed by atoms with Crippen molar-refractivity contribution in [3.05, 3.63) is 81.4 Å². The number of imidazole rings is 1. The van der Waals surface area contributed by atoms with Crippen LogP contribution < -0.4 is 21.7 Å². The molecule has 1 saturated carbocycles. The molecule has 1 aromatic carbocycles. The number of rotatable bonds is 5. The molecule has 0 radical (unpaired) electrons. The summed E-state index contributed by atoms with van der Waals surface area (Å²) in [4.78, 5) is 26.1. The molecule has 11 nitrogen and oxygen atoms in total. The molecule has 0 saturated heterocycles. The van der Waals surface area contributed by atoms with Crippen LogP contribution in [0.25, 0.3) is 17.4 Å². The number of aromatic hydroxyl groups is 1. The molecule has 1 aliphatic carbocycles. The van der Waals surface area contributed by atoms with E-state index in [9.17, 15) is 9.90 Å². The Morgan fingerprint density at radius 1 is 1.21 bits per heavy atom. The van der Waals surface area contributed by atoms with Gasteiger partial charge in [0.05, 0.1) is 17.9 Å². The van der Waals surface area contributed by atoms with Crippen LogP contribution in [0.4, 0.5) is 11.5 Å². The zero-order chi connectivity index (χ0) is 23.2. The lowest BCUT2D eigenvalue weighted by Crippen LogP contribution is -2.23. The normalized spacial score (nSPS) is 14.9. The average Bonchev–Trinajstić information content (AvgIpc) is 3.18. The second kappa shape index (κ2) is 7.73. The molecule has 1 fully saturated rings. The standard InChI is InChI=1S/C23H21N9O2/c1-13-19(26-15-5-7-17(8-6-15)31-10-2-9-24-31)29-21-14(11-18-22(33)30-23(34)28-18)12-25-32(21)20(13)27-16-3-4-16/h2,5-12,16,26,33H,3-4H2,1H3,(H2,28,30,34)/b14-11+,27-20?. The van der Waals surface area contributed by atoms with E-state index in [0.717, 1.165) is 35.3 Å². The summed E-state index contributed by atoms with van der Waals surface area (Å²) in [6.45, 7) is 1.97. The lowest BCUT2D eigenvalue weighted by atomic mass is 10.2. The van der Waals surface area contributed by atoms with Gasteiger partial charge in [-0.2, -0.15) is 14.7 Å². The van der Waals surface area contributed by atoms with E-state index in [2.05, 4.69) is 25.5 Å². The van der Waals surface area contributed by atoms with Crippen molar-refractivity contribution in [1.82, 2.24) is 34.3 Å². The van der Waals surface area contributed by atoms with Crippen molar-refractivity contribution in [3.8, 4) is 11.6 Å². The van der Waals surface area contributed by atoms with Crippen molar-refractivity contribution in [2.24, 2.45) is 4.99 Å². The fourth-order valence-corrected chi connectivity index (χ4v) is 3.73. The molecule has 4 aromatic heterocycles. The fourth-order valence-electron chi connectivity index (χ4n) is 3.73. The van der Waals surface area contributed by atoms with Gasteiger partial charge in [0, 0.05) is 28.9 Å². The summed E-state index contributed by atoms with van der Waals surface area (Å²) in [5.74, 6) is 0.413. The molecular formula is C23H21N9O2. The Labute approximate surface area is 192 Å². The molecule has 11 heteroatoms. The van der Waals surface area contributed by atoms with Gasteiger partial charge in [0.2, 0.25) is 5.88 Å². The Balaban J connectivity index is 1.47. The highest BCUT2D eigenvalue weighted by molar-refractivity contribution is 5.64. The summed E-state index contributed by atoms with van der Waals surface area (Å²) in [6, 6.07) is 10.0. The number of aromatic nitrogens is 7. The molecule has 0 atom stereocenters. The molecule has 34 heavy (non-hydrogen) atoms. The topological polar surface area (TPSA) is 141 Å². The predicted molar refractivity (Wildman–Crippen MR) is 125 cm³/mol. The van der Waals surface area contributed by atoms with Gasteiger partial charge in [-0.25, -0.2) is 14.5 Å². The number of H-pyrrole nitrogens is 2. The number of hydrogen-bond donors (Lipinski definition) is 4. The number of nitrogens with zero attached hydrogens (tertiary/aromatic N) is 6. The molecule has 4 heterocycles. The van der Waals surface area contributed by atoms with E-state index in [4.69, 9.17) is 9.98 Å². The molecule has 1 aliphatic rings. The van der Waals surface area contributed by atoms with Crippen molar-refractivity contribution in [2.75, 3.05) is 5.32 Å². The van der Waals surface area contributed by atoms with E-state index < -0.39 is 5.69 Å². The Kier molecular flexibility index (Phi) is 4.54. The maximum Gasteiger partial charge on any atom is 0.326 e. The van der Waals surface area contributed by atoms with Crippen LogP contribution in [0.3, 0.4) is 0 Å².